The number of rotatable bonds is 2. The summed E-state index contributed by atoms with van der Waals surface area (Å²) < 4.78 is 18.4. The summed E-state index contributed by atoms with van der Waals surface area (Å²) in [5.74, 6) is 0.328. The number of hydrogen-bond donors (Lipinski definition) is 1. The van der Waals surface area contributed by atoms with E-state index in [-0.39, 0.29) is 5.69 Å². The van der Waals surface area contributed by atoms with E-state index in [0.29, 0.717) is 11.5 Å². The molecule has 0 aliphatic rings. The van der Waals surface area contributed by atoms with Crippen molar-refractivity contribution in [1.82, 2.24) is 4.98 Å². The molecule has 2 aromatic rings. The number of nitrogens with two attached hydrogens (primary N) is 1. The van der Waals surface area contributed by atoms with E-state index >= 15 is 0 Å². The van der Waals surface area contributed by atoms with Crippen molar-refractivity contribution in [2.75, 3.05) is 5.73 Å². The lowest BCUT2D eigenvalue weighted by molar-refractivity contribution is 0.478. The van der Waals surface area contributed by atoms with Crippen LogP contribution in [0.2, 0.25) is 0 Å². The van der Waals surface area contributed by atoms with Crippen molar-refractivity contribution in [3.63, 3.8) is 0 Å². The molecule has 4 heteroatoms. The molecule has 0 spiro atoms. The number of hydrogen-bond acceptors (Lipinski definition) is 3. The van der Waals surface area contributed by atoms with Gasteiger partial charge in [0.15, 0.2) is 5.75 Å². The standard InChI is InChI=1S/C11H9FN2O/c12-9-4-1-5-10(11(9)13)15-8-3-2-6-14-7-8/h1-7H,13H2. The maximum atomic E-state index is 13.1. The van der Waals surface area contributed by atoms with E-state index < -0.39 is 5.82 Å². The van der Waals surface area contributed by atoms with E-state index in [1.54, 1.807) is 24.4 Å². The van der Waals surface area contributed by atoms with Gasteiger partial charge in [0.1, 0.15) is 17.3 Å². The number of halogens is 1. The van der Waals surface area contributed by atoms with E-state index in [4.69, 9.17) is 10.5 Å². The number of para-hydroxylation sites is 1. The van der Waals surface area contributed by atoms with Gasteiger partial charge in [0.25, 0.3) is 0 Å². The van der Waals surface area contributed by atoms with Gasteiger partial charge in [0.05, 0.1) is 6.20 Å². The van der Waals surface area contributed by atoms with E-state index in [0.717, 1.165) is 0 Å². The number of nitrogens with zero attached hydrogens (tertiary/aromatic N) is 1. The van der Waals surface area contributed by atoms with Crippen LogP contribution in [0.5, 0.6) is 11.5 Å². The largest absolute Gasteiger partial charge is 0.453 e. The van der Waals surface area contributed by atoms with Crippen LogP contribution in [0.15, 0.2) is 42.7 Å². The van der Waals surface area contributed by atoms with Crippen LogP contribution in [0, 0.1) is 5.82 Å². The Morgan fingerprint density at radius 2 is 2.07 bits per heavy atom. The number of pyridine rings is 1. The fraction of sp³-hybridized carbons (Fsp3) is 0. The predicted molar refractivity (Wildman–Crippen MR) is 55.1 cm³/mol. The van der Waals surface area contributed by atoms with Crippen LogP contribution in [0.4, 0.5) is 10.1 Å². The van der Waals surface area contributed by atoms with E-state index in [2.05, 4.69) is 4.98 Å². The van der Waals surface area contributed by atoms with E-state index in [1.807, 2.05) is 0 Å². The summed E-state index contributed by atoms with van der Waals surface area (Å²) in [6, 6.07) is 7.87. The van der Waals surface area contributed by atoms with Gasteiger partial charge in [0, 0.05) is 6.20 Å². The highest BCUT2D eigenvalue weighted by molar-refractivity contribution is 5.54. The third kappa shape index (κ3) is 2.04. The van der Waals surface area contributed by atoms with Gasteiger partial charge in [-0.1, -0.05) is 6.07 Å². The average molecular weight is 204 g/mol. The van der Waals surface area contributed by atoms with E-state index in [1.165, 1.54) is 18.3 Å². The molecule has 1 aromatic heterocycles. The Hall–Kier alpha value is -2.10. The first kappa shape index (κ1) is 9.45. The second-order valence-electron chi connectivity index (χ2n) is 2.94. The van der Waals surface area contributed by atoms with Crippen molar-refractivity contribution in [2.24, 2.45) is 0 Å². The summed E-state index contributed by atoms with van der Waals surface area (Å²) in [7, 11) is 0. The quantitative estimate of drug-likeness (QED) is 0.765. The molecule has 0 saturated heterocycles. The average Bonchev–Trinajstić information content (AvgIpc) is 2.26. The van der Waals surface area contributed by atoms with Gasteiger partial charge in [-0.3, -0.25) is 4.98 Å². The zero-order valence-electron chi connectivity index (χ0n) is 7.85. The Balaban J connectivity index is 2.29. The molecule has 0 amide bonds. The lowest BCUT2D eigenvalue weighted by Crippen LogP contribution is -1.95. The van der Waals surface area contributed by atoms with Crippen LogP contribution >= 0.6 is 0 Å². The summed E-state index contributed by atoms with van der Waals surface area (Å²) in [5.41, 5.74) is 5.51. The van der Waals surface area contributed by atoms with Gasteiger partial charge in [-0.25, -0.2) is 4.39 Å². The Morgan fingerprint density at radius 3 is 2.80 bits per heavy atom. The molecule has 2 N–H and O–H groups in total. The molecule has 0 saturated carbocycles. The zero-order valence-corrected chi connectivity index (χ0v) is 7.85. The highest BCUT2D eigenvalue weighted by Crippen LogP contribution is 2.28. The van der Waals surface area contributed by atoms with Crippen molar-refractivity contribution in [1.29, 1.82) is 0 Å². The molecule has 0 aliphatic heterocycles. The minimum absolute atomic E-state index is 0.00125. The van der Waals surface area contributed by atoms with Crippen LogP contribution in [0.3, 0.4) is 0 Å². The third-order valence-corrected chi connectivity index (χ3v) is 1.88. The van der Waals surface area contributed by atoms with Gasteiger partial charge < -0.3 is 10.5 Å². The molecule has 0 atom stereocenters. The van der Waals surface area contributed by atoms with Gasteiger partial charge in [-0.05, 0) is 24.3 Å². The number of ether oxygens (including phenoxy) is 1. The molecule has 0 radical (unpaired) electrons. The highest BCUT2D eigenvalue weighted by atomic mass is 19.1. The molecule has 3 nitrogen and oxygen atoms in total. The lowest BCUT2D eigenvalue weighted by Gasteiger charge is -2.07. The summed E-state index contributed by atoms with van der Waals surface area (Å²) >= 11 is 0. The SMILES string of the molecule is Nc1c(F)cccc1Oc1cccnc1. The smallest absolute Gasteiger partial charge is 0.153 e. The van der Waals surface area contributed by atoms with Crippen molar-refractivity contribution in [3.05, 3.63) is 48.5 Å². The van der Waals surface area contributed by atoms with Crippen LogP contribution in [0.25, 0.3) is 0 Å². The van der Waals surface area contributed by atoms with Crippen LogP contribution in [-0.4, -0.2) is 4.98 Å². The highest BCUT2D eigenvalue weighted by Gasteiger charge is 2.05. The van der Waals surface area contributed by atoms with Crippen molar-refractivity contribution < 1.29 is 9.13 Å². The van der Waals surface area contributed by atoms with Gasteiger partial charge in [0.2, 0.25) is 0 Å². The molecule has 15 heavy (non-hydrogen) atoms. The molecule has 0 bridgehead atoms. The minimum Gasteiger partial charge on any atom is -0.453 e. The molecular formula is C11H9FN2O. The Labute approximate surface area is 86.3 Å². The molecule has 1 heterocycles. The van der Waals surface area contributed by atoms with Crippen molar-refractivity contribution in [3.8, 4) is 11.5 Å². The number of aromatic nitrogens is 1. The number of nitrogen functional groups attached to an aromatic ring is 1. The first-order valence-corrected chi connectivity index (χ1v) is 4.39. The summed E-state index contributed by atoms with van der Waals surface area (Å²) in [4.78, 5) is 3.87. The normalized spacial score (nSPS) is 9.93. The molecule has 0 fully saturated rings. The van der Waals surface area contributed by atoms with Crippen LogP contribution in [0.1, 0.15) is 0 Å². The summed E-state index contributed by atoms with van der Waals surface area (Å²) in [6.07, 6.45) is 3.16. The van der Waals surface area contributed by atoms with Crippen molar-refractivity contribution in [2.45, 2.75) is 0 Å². The van der Waals surface area contributed by atoms with Gasteiger partial charge in [-0.2, -0.15) is 0 Å². The van der Waals surface area contributed by atoms with Gasteiger partial charge >= 0.3 is 0 Å². The fourth-order valence-electron chi connectivity index (χ4n) is 1.14. The maximum absolute atomic E-state index is 13.1. The molecule has 2 rings (SSSR count). The molecule has 0 unspecified atom stereocenters. The van der Waals surface area contributed by atoms with Crippen LogP contribution < -0.4 is 10.5 Å². The summed E-state index contributed by atoms with van der Waals surface area (Å²) in [5, 5.41) is 0. The topological polar surface area (TPSA) is 48.1 Å². The van der Waals surface area contributed by atoms with Crippen LogP contribution in [-0.2, 0) is 0 Å². The Morgan fingerprint density at radius 1 is 1.20 bits per heavy atom. The Kier molecular flexibility index (Phi) is 2.49. The van der Waals surface area contributed by atoms with Crippen molar-refractivity contribution >= 4 is 5.69 Å². The number of benzene rings is 1. The molecule has 0 aliphatic carbocycles. The second-order valence-corrected chi connectivity index (χ2v) is 2.94. The van der Waals surface area contributed by atoms with E-state index in [9.17, 15) is 4.39 Å². The minimum atomic E-state index is -0.489. The second kappa shape index (κ2) is 3.96. The fourth-order valence-corrected chi connectivity index (χ4v) is 1.14. The third-order valence-electron chi connectivity index (χ3n) is 1.88. The Bertz CT molecular complexity index is 459. The van der Waals surface area contributed by atoms with Gasteiger partial charge in [-0.15, -0.1) is 0 Å². The first-order chi connectivity index (χ1) is 7.27. The molecule has 1 aromatic carbocycles. The zero-order chi connectivity index (χ0) is 10.7. The predicted octanol–water partition coefficient (Wildman–Crippen LogP) is 2.60. The maximum Gasteiger partial charge on any atom is 0.153 e. The lowest BCUT2D eigenvalue weighted by atomic mass is 10.3. The summed E-state index contributed by atoms with van der Waals surface area (Å²) in [6.45, 7) is 0. The monoisotopic (exact) mass is 204 g/mol. The molecular weight excluding hydrogens is 195 g/mol. The first-order valence-electron chi connectivity index (χ1n) is 4.39. The number of anilines is 1. The molecule has 76 valence electrons.